The predicted octanol–water partition coefficient (Wildman–Crippen LogP) is 3.68. The van der Waals surface area contributed by atoms with E-state index in [9.17, 15) is 4.79 Å². The van der Waals surface area contributed by atoms with Crippen LogP contribution in [0.3, 0.4) is 0 Å². The third-order valence-electron chi connectivity index (χ3n) is 4.47. The molecule has 0 aliphatic carbocycles. The Hall–Kier alpha value is -2.44. The summed E-state index contributed by atoms with van der Waals surface area (Å²) in [7, 11) is 1.81. The minimum absolute atomic E-state index is 0.257. The monoisotopic (exact) mass is 360 g/mol. The minimum Gasteiger partial charge on any atom is -0.444 e. The fourth-order valence-corrected chi connectivity index (χ4v) is 3.05. The summed E-state index contributed by atoms with van der Waals surface area (Å²) in [6.45, 7) is 6.16. The number of halogens is 1. The van der Waals surface area contributed by atoms with Crippen LogP contribution in [0, 0.1) is 0 Å². The molecule has 7 heteroatoms. The van der Waals surface area contributed by atoms with Crippen LogP contribution in [0.1, 0.15) is 39.2 Å². The summed E-state index contributed by atoms with van der Waals surface area (Å²) in [6, 6.07) is 7.25. The molecular weight excluding hydrogens is 335 g/mol. The molecule has 6 nitrogen and oxygen atoms in total. The molecule has 140 valence electrons. The number of aryl methyl sites for hydroxylation is 1. The SMILES string of the molecule is Cn1cnc(-c2ccc(C3(F)CCN(C(=O)OC(C)(C)C)CC3)cc2)n1. The van der Waals surface area contributed by atoms with Crippen LogP contribution in [0.15, 0.2) is 30.6 Å². The number of piperidine rings is 1. The molecule has 0 atom stereocenters. The van der Waals surface area contributed by atoms with Gasteiger partial charge >= 0.3 is 6.09 Å². The summed E-state index contributed by atoms with van der Waals surface area (Å²) in [5, 5.41) is 4.25. The zero-order valence-corrected chi connectivity index (χ0v) is 15.7. The number of carbonyl (C=O) groups is 1. The first-order valence-corrected chi connectivity index (χ1v) is 8.80. The lowest BCUT2D eigenvalue weighted by molar-refractivity contribution is 0.00221. The van der Waals surface area contributed by atoms with Crippen LogP contribution in [0.2, 0.25) is 0 Å². The second kappa shape index (κ2) is 6.70. The van der Waals surface area contributed by atoms with Gasteiger partial charge in [-0.15, -0.1) is 0 Å². The molecule has 1 saturated heterocycles. The van der Waals surface area contributed by atoms with Crippen LogP contribution < -0.4 is 0 Å². The highest BCUT2D eigenvalue weighted by Gasteiger charge is 2.38. The fraction of sp³-hybridized carbons (Fsp3) is 0.526. The molecule has 2 heterocycles. The van der Waals surface area contributed by atoms with Crippen molar-refractivity contribution in [1.82, 2.24) is 19.7 Å². The van der Waals surface area contributed by atoms with Crippen molar-refractivity contribution in [1.29, 1.82) is 0 Å². The molecule has 1 fully saturated rings. The van der Waals surface area contributed by atoms with Gasteiger partial charge in [-0.1, -0.05) is 24.3 Å². The van der Waals surface area contributed by atoms with E-state index in [2.05, 4.69) is 10.1 Å². The Balaban J connectivity index is 1.66. The van der Waals surface area contributed by atoms with Gasteiger partial charge in [0.1, 0.15) is 17.6 Å². The van der Waals surface area contributed by atoms with Gasteiger partial charge in [0.25, 0.3) is 0 Å². The van der Waals surface area contributed by atoms with Crippen molar-refractivity contribution >= 4 is 6.09 Å². The molecule has 1 aliphatic rings. The van der Waals surface area contributed by atoms with E-state index in [1.54, 1.807) is 35.1 Å². The lowest BCUT2D eigenvalue weighted by Crippen LogP contribution is -2.45. The van der Waals surface area contributed by atoms with Crippen molar-refractivity contribution in [3.63, 3.8) is 0 Å². The van der Waals surface area contributed by atoms with Crippen molar-refractivity contribution in [2.75, 3.05) is 13.1 Å². The lowest BCUT2D eigenvalue weighted by atomic mass is 9.86. The first-order chi connectivity index (χ1) is 12.2. The number of likely N-dealkylation sites (tertiary alicyclic amines) is 1. The molecule has 1 amide bonds. The number of amides is 1. The maximum Gasteiger partial charge on any atom is 0.410 e. The number of hydrogen-bond acceptors (Lipinski definition) is 4. The van der Waals surface area contributed by atoms with Gasteiger partial charge in [-0.3, -0.25) is 4.68 Å². The first kappa shape index (κ1) is 18.4. The van der Waals surface area contributed by atoms with Crippen molar-refractivity contribution in [3.8, 4) is 11.4 Å². The third-order valence-corrected chi connectivity index (χ3v) is 4.47. The Bertz CT molecular complexity index is 772. The summed E-state index contributed by atoms with van der Waals surface area (Å²) in [5.41, 5.74) is -0.504. The Morgan fingerprint density at radius 3 is 2.31 bits per heavy atom. The average molecular weight is 360 g/mol. The van der Waals surface area contributed by atoms with Gasteiger partial charge in [0.2, 0.25) is 0 Å². The van der Waals surface area contributed by atoms with Crippen molar-refractivity contribution < 1.29 is 13.9 Å². The van der Waals surface area contributed by atoms with E-state index in [-0.39, 0.29) is 18.9 Å². The summed E-state index contributed by atoms with van der Waals surface area (Å²) in [6.07, 6.45) is 1.77. The third kappa shape index (κ3) is 4.03. The average Bonchev–Trinajstić information content (AvgIpc) is 3.00. The van der Waals surface area contributed by atoms with Gasteiger partial charge in [0.15, 0.2) is 5.82 Å². The summed E-state index contributed by atoms with van der Waals surface area (Å²) >= 11 is 0. The molecule has 0 bridgehead atoms. The first-order valence-electron chi connectivity index (χ1n) is 8.80. The molecule has 1 aromatic heterocycles. The summed E-state index contributed by atoms with van der Waals surface area (Å²) in [4.78, 5) is 17.9. The van der Waals surface area contributed by atoms with Gasteiger partial charge in [0, 0.05) is 38.5 Å². The molecule has 26 heavy (non-hydrogen) atoms. The predicted molar refractivity (Wildman–Crippen MR) is 96.3 cm³/mol. The van der Waals surface area contributed by atoms with Gasteiger partial charge < -0.3 is 9.64 Å². The highest BCUT2D eigenvalue weighted by molar-refractivity contribution is 5.68. The van der Waals surface area contributed by atoms with Gasteiger partial charge in [-0.25, -0.2) is 14.2 Å². The van der Waals surface area contributed by atoms with Crippen molar-refractivity contribution in [2.24, 2.45) is 7.05 Å². The van der Waals surface area contributed by atoms with Crippen LogP contribution in [0.5, 0.6) is 0 Å². The van der Waals surface area contributed by atoms with E-state index < -0.39 is 11.3 Å². The maximum atomic E-state index is 15.4. The smallest absolute Gasteiger partial charge is 0.410 e. The second-order valence-corrected chi connectivity index (χ2v) is 7.75. The summed E-state index contributed by atoms with van der Waals surface area (Å²) in [5.74, 6) is 0.617. The molecule has 2 aromatic rings. The molecule has 0 spiro atoms. The van der Waals surface area contributed by atoms with E-state index in [0.29, 0.717) is 24.5 Å². The molecule has 0 radical (unpaired) electrons. The Kier molecular flexibility index (Phi) is 4.73. The molecule has 0 unspecified atom stereocenters. The lowest BCUT2D eigenvalue weighted by Gasteiger charge is -2.37. The number of hydrogen-bond donors (Lipinski definition) is 0. The molecular formula is C19H25FN4O2. The number of rotatable bonds is 2. The van der Waals surface area contributed by atoms with Crippen LogP contribution in [0.25, 0.3) is 11.4 Å². The van der Waals surface area contributed by atoms with Crippen LogP contribution in [0.4, 0.5) is 9.18 Å². The largest absolute Gasteiger partial charge is 0.444 e. The normalized spacial score (nSPS) is 17.2. The molecule has 1 aromatic carbocycles. The summed E-state index contributed by atoms with van der Waals surface area (Å²) < 4.78 is 22.4. The van der Waals surface area contributed by atoms with E-state index in [0.717, 1.165) is 5.56 Å². The van der Waals surface area contributed by atoms with E-state index in [1.165, 1.54) is 0 Å². The zero-order chi connectivity index (χ0) is 18.9. The molecule has 0 saturated carbocycles. The fourth-order valence-electron chi connectivity index (χ4n) is 3.05. The van der Waals surface area contributed by atoms with Gasteiger partial charge in [-0.05, 0) is 26.3 Å². The number of ether oxygens (including phenoxy) is 1. The Morgan fingerprint density at radius 2 is 1.81 bits per heavy atom. The topological polar surface area (TPSA) is 60.2 Å². The van der Waals surface area contributed by atoms with E-state index in [1.807, 2.05) is 32.9 Å². The minimum atomic E-state index is -1.44. The Labute approximate surface area is 153 Å². The number of carbonyl (C=O) groups excluding carboxylic acids is 1. The molecule has 0 N–H and O–H groups in total. The second-order valence-electron chi connectivity index (χ2n) is 7.75. The van der Waals surface area contributed by atoms with Crippen molar-refractivity contribution in [3.05, 3.63) is 36.2 Å². The van der Waals surface area contributed by atoms with E-state index >= 15 is 4.39 Å². The Morgan fingerprint density at radius 1 is 1.19 bits per heavy atom. The molecule has 3 rings (SSSR count). The number of alkyl halides is 1. The quantitative estimate of drug-likeness (QED) is 0.820. The van der Waals surface area contributed by atoms with E-state index in [4.69, 9.17) is 4.74 Å². The van der Waals surface area contributed by atoms with Crippen LogP contribution in [-0.2, 0) is 17.5 Å². The van der Waals surface area contributed by atoms with Crippen LogP contribution in [-0.4, -0.2) is 44.4 Å². The van der Waals surface area contributed by atoms with Gasteiger partial charge in [-0.2, -0.15) is 5.10 Å². The number of benzene rings is 1. The zero-order valence-electron chi connectivity index (χ0n) is 15.7. The van der Waals surface area contributed by atoms with Gasteiger partial charge in [0.05, 0.1) is 0 Å². The highest BCUT2D eigenvalue weighted by atomic mass is 19.1. The molecule has 1 aliphatic heterocycles. The standard InChI is InChI=1S/C19H25FN4O2/c1-18(2,3)26-17(25)24-11-9-19(20,10-12-24)15-7-5-14(6-8-15)16-21-13-23(4)22-16/h5-8,13H,9-12H2,1-4H3. The number of nitrogens with zero attached hydrogens (tertiary/aromatic N) is 4. The maximum absolute atomic E-state index is 15.4. The highest BCUT2D eigenvalue weighted by Crippen LogP contribution is 2.37. The van der Waals surface area contributed by atoms with Crippen molar-refractivity contribution in [2.45, 2.75) is 44.9 Å². The van der Waals surface area contributed by atoms with Crippen LogP contribution >= 0.6 is 0 Å². The number of aromatic nitrogens is 3.